The van der Waals surface area contributed by atoms with Gasteiger partial charge in [-0.1, -0.05) is 37.8 Å². The summed E-state index contributed by atoms with van der Waals surface area (Å²) in [7, 11) is 3.07. The summed E-state index contributed by atoms with van der Waals surface area (Å²) in [6.07, 6.45) is 4.79. The molecule has 0 saturated carbocycles. The molecule has 0 saturated heterocycles. The van der Waals surface area contributed by atoms with Crippen molar-refractivity contribution in [2.24, 2.45) is 0 Å². The highest BCUT2D eigenvalue weighted by molar-refractivity contribution is 6.32. The molecule has 1 aromatic rings. The van der Waals surface area contributed by atoms with E-state index in [2.05, 4.69) is 12.2 Å². The van der Waals surface area contributed by atoms with Crippen molar-refractivity contribution in [1.82, 2.24) is 0 Å². The van der Waals surface area contributed by atoms with Crippen molar-refractivity contribution < 1.29 is 14.3 Å². The zero-order chi connectivity index (χ0) is 15.0. The first-order valence-corrected chi connectivity index (χ1v) is 7.21. The van der Waals surface area contributed by atoms with E-state index in [0.29, 0.717) is 28.6 Å². The van der Waals surface area contributed by atoms with Gasteiger partial charge in [0.1, 0.15) is 11.5 Å². The van der Waals surface area contributed by atoms with Crippen LogP contribution >= 0.6 is 11.6 Å². The van der Waals surface area contributed by atoms with Gasteiger partial charge in [-0.25, -0.2) is 0 Å². The second-order valence-corrected chi connectivity index (χ2v) is 4.95. The third-order valence-corrected chi connectivity index (χ3v) is 3.30. The molecule has 0 atom stereocenters. The van der Waals surface area contributed by atoms with Gasteiger partial charge < -0.3 is 14.8 Å². The molecule has 1 aromatic carbocycles. The number of rotatable bonds is 8. The molecule has 0 aliphatic rings. The van der Waals surface area contributed by atoms with Crippen LogP contribution in [-0.2, 0) is 4.79 Å². The van der Waals surface area contributed by atoms with Crippen molar-refractivity contribution in [2.75, 3.05) is 19.5 Å². The normalized spacial score (nSPS) is 10.2. The molecule has 0 bridgehead atoms. The second-order valence-electron chi connectivity index (χ2n) is 4.55. The molecule has 112 valence electrons. The highest BCUT2D eigenvalue weighted by Crippen LogP contribution is 2.35. The van der Waals surface area contributed by atoms with Gasteiger partial charge in [0.2, 0.25) is 5.91 Å². The van der Waals surface area contributed by atoms with Gasteiger partial charge in [-0.15, -0.1) is 0 Å². The number of halogens is 1. The quantitative estimate of drug-likeness (QED) is 0.729. The van der Waals surface area contributed by atoms with Crippen molar-refractivity contribution in [3.8, 4) is 11.5 Å². The molecule has 0 heterocycles. The van der Waals surface area contributed by atoms with Gasteiger partial charge >= 0.3 is 0 Å². The van der Waals surface area contributed by atoms with Crippen molar-refractivity contribution in [2.45, 2.75) is 39.0 Å². The van der Waals surface area contributed by atoms with Gasteiger partial charge in [0.25, 0.3) is 0 Å². The third kappa shape index (κ3) is 4.93. The first-order valence-electron chi connectivity index (χ1n) is 6.83. The van der Waals surface area contributed by atoms with Gasteiger partial charge in [-0.3, -0.25) is 4.79 Å². The van der Waals surface area contributed by atoms with Crippen LogP contribution in [0, 0.1) is 0 Å². The van der Waals surface area contributed by atoms with Crippen LogP contribution in [0.1, 0.15) is 39.0 Å². The first kappa shape index (κ1) is 16.6. The molecule has 1 rings (SSSR count). The number of unbranched alkanes of at least 4 members (excludes halogenated alkanes) is 3. The Morgan fingerprint density at radius 2 is 1.85 bits per heavy atom. The van der Waals surface area contributed by atoms with Gasteiger partial charge in [-0.2, -0.15) is 0 Å². The zero-order valence-corrected chi connectivity index (χ0v) is 13.0. The Morgan fingerprint density at radius 3 is 2.45 bits per heavy atom. The standard InChI is InChI=1S/C15H22ClNO3/c1-4-5-6-7-8-15(18)17-12-10-13(19-2)11(16)9-14(12)20-3/h9-10H,4-8H2,1-3H3,(H,17,18). The molecule has 0 fully saturated rings. The highest BCUT2D eigenvalue weighted by atomic mass is 35.5. The number of carbonyl (C=O) groups is 1. The predicted octanol–water partition coefficient (Wildman–Crippen LogP) is 4.27. The van der Waals surface area contributed by atoms with E-state index < -0.39 is 0 Å². The van der Waals surface area contributed by atoms with Crippen LogP contribution in [0.3, 0.4) is 0 Å². The molecular formula is C15H22ClNO3. The summed E-state index contributed by atoms with van der Waals surface area (Å²) < 4.78 is 10.4. The largest absolute Gasteiger partial charge is 0.495 e. The maximum atomic E-state index is 11.9. The number of hydrogen-bond acceptors (Lipinski definition) is 3. The molecule has 0 aliphatic carbocycles. The monoisotopic (exact) mass is 299 g/mol. The summed E-state index contributed by atoms with van der Waals surface area (Å²) in [5, 5.41) is 3.29. The smallest absolute Gasteiger partial charge is 0.224 e. The fourth-order valence-corrected chi connectivity index (χ4v) is 2.11. The average molecular weight is 300 g/mol. The zero-order valence-electron chi connectivity index (χ0n) is 12.3. The Labute approximate surface area is 125 Å². The fourth-order valence-electron chi connectivity index (χ4n) is 1.88. The van der Waals surface area contributed by atoms with Crippen LogP contribution in [0.5, 0.6) is 11.5 Å². The third-order valence-electron chi connectivity index (χ3n) is 3.01. The van der Waals surface area contributed by atoms with E-state index >= 15 is 0 Å². The van der Waals surface area contributed by atoms with Crippen molar-refractivity contribution in [1.29, 1.82) is 0 Å². The van der Waals surface area contributed by atoms with E-state index in [0.717, 1.165) is 25.7 Å². The number of hydrogen-bond donors (Lipinski definition) is 1. The SMILES string of the molecule is CCCCCCC(=O)Nc1cc(OC)c(Cl)cc1OC. The van der Waals surface area contributed by atoms with E-state index in [1.807, 2.05) is 0 Å². The maximum Gasteiger partial charge on any atom is 0.224 e. The Kier molecular flexibility index (Phi) is 7.23. The molecule has 20 heavy (non-hydrogen) atoms. The summed E-state index contributed by atoms with van der Waals surface area (Å²) in [6.45, 7) is 2.14. The second kappa shape index (κ2) is 8.69. The Bertz CT molecular complexity index is 449. The minimum absolute atomic E-state index is 0.0243. The molecule has 0 aromatic heterocycles. The van der Waals surface area contributed by atoms with Crippen LogP contribution in [-0.4, -0.2) is 20.1 Å². The summed E-state index contributed by atoms with van der Waals surface area (Å²) >= 11 is 6.02. The fraction of sp³-hybridized carbons (Fsp3) is 0.533. The van der Waals surface area contributed by atoms with Crippen LogP contribution in [0.2, 0.25) is 5.02 Å². The van der Waals surface area contributed by atoms with Crippen LogP contribution in [0.15, 0.2) is 12.1 Å². The summed E-state index contributed by atoms with van der Waals surface area (Å²) in [5.41, 5.74) is 0.578. The lowest BCUT2D eigenvalue weighted by Gasteiger charge is -2.13. The molecule has 0 aliphatic heterocycles. The molecule has 4 nitrogen and oxygen atoms in total. The van der Waals surface area contributed by atoms with Crippen LogP contribution in [0.4, 0.5) is 5.69 Å². The summed E-state index contributed by atoms with van der Waals surface area (Å²) in [6, 6.07) is 3.30. The molecule has 1 N–H and O–H groups in total. The molecule has 0 unspecified atom stereocenters. The number of benzene rings is 1. The first-order chi connectivity index (χ1) is 9.62. The van der Waals surface area contributed by atoms with E-state index in [9.17, 15) is 4.79 Å². The summed E-state index contributed by atoms with van der Waals surface area (Å²) in [4.78, 5) is 11.9. The number of ether oxygens (including phenoxy) is 2. The van der Waals surface area contributed by atoms with Gasteiger partial charge in [0, 0.05) is 18.6 Å². The lowest BCUT2D eigenvalue weighted by atomic mass is 10.1. The Morgan fingerprint density at radius 1 is 1.15 bits per heavy atom. The maximum absolute atomic E-state index is 11.9. The number of anilines is 1. The van der Waals surface area contributed by atoms with E-state index in [4.69, 9.17) is 21.1 Å². The Balaban J connectivity index is 2.68. The average Bonchev–Trinajstić information content (AvgIpc) is 2.45. The minimum atomic E-state index is -0.0243. The molecule has 0 radical (unpaired) electrons. The highest BCUT2D eigenvalue weighted by Gasteiger charge is 2.12. The van der Waals surface area contributed by atoms with Gasteiger partial charge in [-0.05, 0) is 6.42 Å². The van der Waals surface area contributed by atoms with Crippen molar-refractivity contribution in [3.05, 3.63) is 17.2 Å². The van der Waals surface area contributed by atoms with Crippen molar-refractivity contribution >= 4 is 23.2 Å². The molecule has 5 heteroatoms. The number of amides is 1. The van der Waals surface area contributed by atoms with E-state index in [-0.39, 0.29) is 5.91 Å². The van der Waals surface area contributed by atoms with Crippen LogP contribution < -0.4 is 14.8 Å². The van der Waals surface area contributed by atoms with Crippen molar-refractivity contribution in [3.63, 3.8) is 0 Å². The molecule has 0 spiro atoms. The molecular weight excluding hydrogens is 278 g/mol. The lowest BCUT2D eigenvalue weighted by Crippen LogP contribution is -2.12. The minimum Gasteiger partial charge on any atom is -0.495 e. The van der Waals surface area contributed by atoms with Gasteiger partial charge in [0.15, 0.2) is 0 Å². The summed E-state index contributed by atoms with van der Waals surface area (Å²) in [5.74, 6) is 1.01. The number of nitrogens with one attached hydrogen (secondary N) is 1. The van der Waals surface area contributed by atoms with Gasteiger partial charge in [0.05, 0.1) is 24.9 Å². The van der Waals surface area contributed by atoms with Crippen LogP contribution in [0.25, 0.3) is 0 Å². The lowest BCUT2D eigenvalue weighted by molar-refractivity contribution is -0.116. The topological polar surface area (TPSA) is 47.6 Å². The number of carbonyl (C=O) groups excluding carboxylic acids is 1. The number of methoxy groups -OCH3 is 2. The molecule has 1 amide bonds. The van der Waals surface area contributed by atoms with E-state index in [1.54, 1.807) is 12.1 Å². The predicted molar refractivity (Wildman–Crippen MR) is 81.9 cm³/mol. The Hall–Kier alpha value is -1.42. The van der Waals surface area contributed by atoms with E-state index in [1.165, 1.54) is 14.2 Å².